The van der Waals surface area contributed by atoms with E-state index < -0.39 is 11.2 Å². The van der Waals surface area contributed by atoms with E-state index in [4.69, 9.17) is 10.5 Å². The molecule has 1 fully saturated rings. The molecule has 0 spiro atoms. The van der Waals surface area contributed by atoms with Gasteiger partial charge in [-0.3, -0.25) is 28.8 Å². The molecule has 1 aliphatic heterocycles. The van der Waals surface area contributed by atoms with E-state index >= 15 is 0 Å². The lowest BCUT2D eigenvalue weighted by atomic mass is 10.2. The summed E-state index contributed by atoms with van der Waals surface area (Å²) in [6.45, 7) is 8.27. The van der Waals surface area contributed by atoms with Gasteiger partial charge in [-0.1, -0.05) is 13.8 Å². The van der Waals surface area contributed by atoms with Crippen molar-refractivity contribution in [3.63, 3.8) is 0 Å². The number of nitrogens with two attached hydrogens (primary N) is 1. The van der Waals surface area contributed by atoms with Crippen LogP contribution in [0.4, 0.5) is 11.5 Å². The lowest BCUT2D eigenvalue weighted by Crippen LogP contribution is -2.52. The van der Waals surface area contributed by atoms with Gasteiger partial charge in [0.05, 0.1) is 13.2 Å². The Balaban J connectivity index is 2.29. The van der Waals surface area contributed by atoms with Gasteiger partial charge in [0.2, 0.25) is 11.8 Å². The fraction of sp³-hybridized carbons (Fsp3) is 0.684. The molecule has 2 amide bonds. The summed E-state index contributed by atoms with van der Waals surface area (Å²) in [5.74, 6) is -0.238. The minimum absolute atomic E-state index is 0.00872. The zero-order chi connectivity index (χ0) is 22.4. The molecule has 168 valence electrons. The van der Waals surface area contributed by atoms with Crippen molar-refractivity contribution in [1.29, 1.82) is 0 Å². The quantitative estimate of drug-likeness (QED) is 0.542. The smallest absolute Gasteiger partial charge is 0.330 e. The van der Waals surface area contributed by atoms with Crippen LogP contribution in [-0.2, 0) is 20.9 Å². The molecular weight excluding hydrogens is 392 g/mol. The Morgan fingerprint density at radius 3 is 2.37 bits per heavy atom. The van der Waals surface area contributed by atoms with E-state index in [1.54, 1.807) is 4.90 Å². The van der Waals surface area contributed by atoms with Gasteiger partial charge in [0.15, 0.2) is 5.69 Å². The third kappa shape index (κ3) is 5.70. The molecule has 1 aromatic rings. The molecule has 2 rings (SSSR count). The lowest BCUT2D eigenvalue weighted by molar-refractivity contribution is -0.130. The van der Waals surface area contributed by atoms with Crippen molar-refractivity contribution < 1.29 is 14.3 Å². The Hall–Kier alpha value is -2.66. The maximum absolute atomic E-state index is 13.1. The summed E-state index contributed by atoms with van der Waals surface area (Å²) in [7, 11) is 1.50. The SMILES string of the molecule is COCCN(C(=O)CN1CCN(C(C)=O)CC1)c1c(N)n(CC(C)C)c(=O)[nH]c1=O. The number of carbonyl (C=O) groups excluding carboxylic acids is 2. The summed E-state index contributed by atoms with van der Waals surface area (Å²) in [5.41, 5.74) is 4.83. The molecule has 0 aliphatic carbocycles. The van der Waals surface area contributed by atoms with Crippen LogP contribution in [0, 0.1) is 5.92 Å². The van der Waals surface area contributed by atoms with Crippen LogP contribution in [-0.4, -0.2) is 84.2 Å². The molecule has 1 aliphatic rings. The van der Waals surface area contributed by atoms with Crippen LogP contribution in [0.25, 0.3) is 0 Å². The fourth-order valence-electron chi connectivity index (χ4n) is 3.43. The maximum Gasteiger partial charge on any atom is 0.330 e. The molecule has 1 aromatic heterocycles. The van der Waals surface area contributed by atoms with Gasteiger partial charge in [0.25, 0.3) is 5.56 Å². The summed E-state index contributed by atoms with van der Waals surface area (Å²) < 4.78 is 6.38. The van der Waals surface area contributed by atoms with Crippen molar-refractivity contribution >= 4 is 23.3 Å². The molecule has 2 heterocycles. The van der Waals surface area contributed by atoms with Crippen molar-refractivity contribution in [3.8, 4) is 0 Å². The molecule has 30 heavy (non-hydrogen) atoms. The number of anilines is 2. The van der Waals surface area contributed by atoms with Crippen LogP contribution in [0.5, 0.6) is 0 Å². The monoisotopic (exact) mass is 424 g/mol. The second kappa shape index (κ2) is 10.4. The first-order chi connectivity index (χ1) is 14.1. The lowest BCUT2D eigenvalue weighted by Gasteiger charge is -2.35. The fourth-order valence-corrected chi connectivity index (χ4v) is 3.43. The number of rotatable bonds is 8. The van der Waals surface area contributed by atoms with Crippen LogP contribution >= 0.6 is 0 Å². The van der Waals surface area contributed by atoms with Crippen molar-refractivity contribution in [1.82, 2.24) is 19.4 Å². The Bertz CT molecular complexity index is 869. The van der Waals surface area contributed by atoms with Gasteiger partial charge in [-0.15, -0.1) is 0 Å². The van der Waals surface area contributed by atoms with Crippen LogP contribution in [0.15, 0.2) is 9.59 Å². The molecule has 0 unspecified atom stereocenters. The number of amides is 2. The van der Waals surface area contributed by atoms with E-state index in [9.17, 15) is 19.2 Å². The summed E-state index contributed by atoms with van der Waals surface area (Å²) in [4.78, 5) is 56.6. The Morgan fingerprint density at radius 1 is 1.20 bits per heavy atom. The first-order valence-electron chi connectivity index (χ1n) is 10.1. The predicted octanol–water partition coefficient (Wildman–Crippen LogP) is -1.08. The number of methoxy groups -OCH3 is 1. The number of aromatic nitrogens is 2. The third-order valence-corrected chi connectivity index (χ3v) is 5.03. The molecular formula is C19H32N6O5. The Kier molecular flexibility index (Phi) is 8.18. The number of H-pyrrole nitrogens is 1. The van der Waals surface area contributed by atoms with Gasteiger partial charge >= 0.3 is 5.69 Å². The predicted molar refractivity (Wildman–Crippen MR) is 113 cm³/mol. The number of nitrogen functional groups attached to an aromatic ring is 1. The summed E-state index contributed by atoms with van der Waals surface area (Å²) in [6.07, 6.45) is 0. The van der Waals surface area contributed by atoms with E-state index in [2.05, 4.69) is 4.98 Å². The van der Waals surface area contributed by atoms with Crippen LogP contribution < -0.4 is 21.9 Å². The number of hydrogen-bond donors (Lipinski definition) is 2. The molecule has 11 nitrogen and oxygen atoms in total. The largest absolute Gasteiger partial charge is 0.383 e. The standard InChI is InChI=1S/C19H32N6O5/c1-13(2)11-25-17(20)16(18(28)21-19(25)29)24(9-10-30-4)15(27)12-22-5-7-23(8-6-22)14(3)26/h13H,5-12,20H2,1-4H3,(H,21,28,29). The minimum atomic E-state index is -0.705. The zero-order valence-corrected chi connectivity index (χ0v) is 18.1. The number of nitrogens with one attached hydrogen (secondary N) is 1. The molecule has 3 N–H and O–H groups in total. The highest BCUT2D eigenvalue weighted by atomic mass is 16.5. The first-order valence-corrected chi connectivity index (χ1v) is 10.1. The number of nitrogens with zero attached hydrogens (tertiary/aromatic N) is 4. The highest BCUT2D eigenvalue weighted by molar-refractivity contribution is 5.96. The number of aromatic amines is 1. The summed E-state index contributed by atoms with van der Waals surface area (Å²) >= 11 is 0. The average Bonchev–Trinajstić information content (AvgIpc) is 2.67. The van der Waals surface area contributed by atoms with E-state index in [0.717, 1.165) is 0 Å². The molecule has 11 heteroatoms. The van der Waals surface area contributed by atoms with E-state index in [1.165, 1.54) is 23.5 Å². The molecule has 0 aromatic carbocycles. The van der Waals surface area contributed by atoms with Gasteiger partial charge < -0.3 is 20.3 Å². The van der Waals surface area contributed by atoms with Gasteiger partial charge in [-0.25, -0.2) is 4.79 Å². The van der Waals surface area contributed by atoms with Crippen molar-refractivity contribution in [2.75, 3.05) is 63.6 Å². The normalized spacial score (nSPS) is 14.9. The van der Waals surface area contributed by atoms with Crippen molar-refractivity contribution in [3.05, 3.63) is 20.8 Å². The highest BCUT2D eigenvalue weighted by Crippen LogP contribution is 2.18. The number of carbonyl (C=O) groups is 2. The second-order valence-corrected chi connectivity index (χ2v) is 7.82. The number of piperazine rings is 1. The van der Waals surface area contributed by atoms with E-state index in [-0.39, 0.29) is 48.9 Å². The van der Waals surface area contributed by atoms with Crippen LogP contribution in [0.2, 0.25) is 0 Å². The average molecular weight is 425 g/mol. The summed E-state index contributed by atoms with van der Waals surface area (Å²) in [5, 5.41) is 0. The molecule has 0 radical (unpaired) electrons. The molecule has 0 saturated carbocycles. The zero-order valence-electron chi connectivity index (χ0n) is 18.1. The van der Waals surface area contributed by atoms with Crippen LogP contribution in [0.1, 0.15) is 20.8 Å². The van der Waals surface area contributed by atoms with E-state index in [1.807, 2.05) is 18.7 Å². The number of ether oxygens (including phenoxy) is 1. The second-order valence-electron chi connectivity index (χ2n) is 7.82. The number of hydrogen-bond acceptors (Lipinski definition) is 7. The van der Waals surface area contributed by atoms with Gasteiger partial charge in [-0.05, 0) is 5.92 Å². The molecule has 0 bridgehead atoms. The first kappa shape index (κ1) is 23.6. The topological polar surface area (TPSA) is 134 Å². The maximum atomic E-state index is 13.1. The Labute approximate surface area is 175 Å². The van der Waals surface area contributed by atoms with E-state index in [0.29, 0.717) is 32.7 Å². The van der Waals surface area contributed by atoms with Crippen LogP contribution in [0.3, 0.4) is 0 Å². The molecule has 0 atom stereocenters. The van der Waals surface area contributed by atoms with Gasteiger partial charge in [0.1, 0.15) is 5.82 Å². The highest BCUT2D eigenvalue weighted by Gasteiger charge is 2.27. The minimum Gasteiger partial charge on any atom is -0.383 e. The van der Waals surface area contributed by atoms with Crippen molar-refractivity contribution in [2.24, 2.45) is 5.92 Å². The van der Waals surface area contributed by atoms with Gasteiger partial charge in [0, 0.05) is 53.3 Å². The van der Waals surface area contributed by atoms with Gasteiger partial charge in [-0.2, -0.15) is 0 Å². The third-order valence-electron chi connectivity index (χ3n) is 5.03. The molecule has 1 saturated heterocycles. The van der Waals surface area contributed by atoms with Crippen molar-refractivity contribution in [2.45, 2.75) is 27.3 Å². The summed E-state index contributed by atoms with van der Waals surface area (Å²) in [6, 6.07) is 0. The Morgan fingerprint density at radius 2 is 1.83 bits per heavy atom.